The maximum Gasteiger partial charge on any atom is 0.149 e. The normalized spacial score (nSPS) is 14.4. The lowest BCUT2D eigenvalue weighted by Crippen LogP contribution is -2.35. The first kappa shape index (κ1) is 11.7. The van der Waals surface area contributed by atoms with Gasteiger partial charge >= 0.3 is 0 Å². The van der Waals surface area contributed by atoms with Gasteiger partial charge in [-0.2, -0.15) is 0 Å². The third-order valence-electron chi connectivity index (χ3n) is 2.27. The van der Waals surface area contributed by atoms with Gasteiger partial charge in [-0.15, -0.1) is 0 Å². The highest BCUT2D eigenvalue weighted by Crippen LogP contribution is 2.19. The lowest BCUT2D eigenvalue weighted by molar-refractivity contribution is -0.120. The van der Waals surface area contributed by atoms with Crippen LogP contribution in [0.1, 0.15) is 18.6 Å². The molecule has 2 atom stereocenters. The predicted octanol–water partition coefficient (Wildman–Crippen LogP) is 0.645. The summed E-state index contributed by atoms with van der Waals surface area (Å²) < 4.78 is 4.98. The summed E-state index contributed by atoms with van der Waals surface area (Å²) in [4.78, 5) is 11.0. The highest BCUT2D eigenvalue weighted by molar-refractivity contribution is 5.82. The molecular weight excluding hydrogens is 194 g/mol. The molecule has 15 heavy (non-hydrogen) atoms. The molecule has 0 spiro atoms. The van der Waals surface area contributed by atoms with Crippen molar-refractivity contribution in [2.75, 3.05) is 7.11 Å². The van der Waals surface area contributed by atoms with Gasteiger partial charge in [0.1, 0.15) is 17.6 Å². The second-order valence-corrected chi connectivity index (χ2v) is 3.35. The summed E-state index contributed by atoms with van der Waals surface area (Å²) in [5.41, 5.74) is 6.14. The van der Waals surface area contributed by atoms with Crippen molar-refractivity contribution >= 4 is 5.78 Å². The fraction of sp³-hybridized carbons (Fsp3) is 0.364. The van der Waals surface area contributed by atoms with Crippen LogP contribution in [0.3, 0.4) is 0 Å². The van der Waals surface area contributed by atoms with Crippen LogP contribution in [0.2, 0.25) is 0 Å². The van der Waals surface area contributed by atoms with Crippen molar-refractivity contribution in [3.8, 4) is 5.75 Å². The first-order valence-corrected chi connectivity index (χ1v) is 4.64. The molecule has 0 bridgehead atoms. The Balaban J connectivity index is 2.82. The summed E-state index contributed by atoms with van der Waals surface area (Å²) in [6.07, 6.45) is -0.964. The van der Waals surface area contributed by atoms with Crippen LogP contribution in [0.4, 0.5) is 0 Å². The number of nitrogens with two attached hydrogens (primary N) is 1. The molecule has 0 fully saturated rings. The van der Waals surface area contributed by atoms with E-state index in [0.29, 0.717) is 11.3 Å². The zero-order valence-electron chi connectivity index (χ0n) is 8.81. The number of rotatable bonds is 4. The van der Waals surface area contributed by atoms with Crippen LogP contribution < -0.4 is 10.5 Å². The zero-order chi connectivity index (χ0) is 11.4. The number of methoxy groups -OCH3 is 1. The number of ketones is 1. The lowest BCUT2D eigenvalue weighted by atomic mass is 10.0. The Morgan fingerprint density at radius 1 is 1.40 bits per heavy atom. The van der Waals surface area contributed by atoms with Gasteiger partial charge in [-0.05, 0) is 24.6 Å². The zero-order valence-corrected chi connectivity index (χ0v) is 8.81. The first-order chi connectivity index (χ1) is 7.06. The predicted molar refractivity (Wildman–Crippen MR) is 56.6 cm³/mol. The highest BCUT2D eigenvalue weighted by Gasteiger charge is 2.20. The fourth-order valence-electron chi connectivity index (χ4n) is 1.23. The number of ether oxygens (including phenoxy) is 1. The molecule has 0 aliphatic carbocycles. The van der Waals surface area contributed by atoms with Gasteiger partial charge in [-0.1, -0.05) is 12.1 Å². The molecule has 1 aromatic carbocycles. The molecule has 4 heteroatoms. The first-order valence-electron chi connectivity index (χ1n) is 4.64. The standard InChI is InChI=1S/C11H15NO3/c1-7(13)10(12)11(14)8-3-5-9(15-2)6-4-8/h3-6,10-11,14H,12H2,1-2H3/t10-,11-/m1/s1. The van der Waals surface area contributed by atoms with Gasteiger partial charge in [0.2, 0.25) is 0 Å². The Hall–Kier alpha value is -1.39. The minimum atomic E-state index is -0.964. The van der Waals surface area contributed by atoms with Crippen molar-refractivity contribution in [1.29, 1.82) is 0 Å². The molecule has 3 N–H and O–H groups in total. The molecule has 82 valence electrons. The number of Topliss-reactive ketones (excluding diaryl/α,β-unsaturated/α-hetero) is 1. The molecule has 1 aromatic rings. The number of hydrogen-bond donors (Lipinski definition) is 2. The molecule has 4 nitrogen and oxygen atoms in total. The molecule has 0 aromatic heterocycles. The summed E-state index contributed by atoms with van der Waals surface area (Å²) in [7, 11) is 1.56. The smallest absolute Gasteiger partial charge is 0.149 e. The monoisotopic (exact) mass is 209 g/mol. The van der Waals surface area contributed by atoms with E-state index < -0.39 is 12.1 Å². The molecule has 0 unspecified atom stereocenters. The summed E-state index contributed by atoms with van der Waals surface area (Å²) in [5.74, 6) is 0.459. The minimum absolute atomic E-state index is 0.238. The average Bonchev–Trinajstić information content (AvgIpc) is 2.27. The van der Waals surface area contributed by atoms with Crippen molar-refractivity contribution < 1.29 is 14.6 Å². The molecule has 0 saturated carbocycles. The van der Waals surface area contributed by atoms with Crippen LogP contribution in [0.15, 0.2) is 24.3 Å². The van der Waals surface area contributed by atoms with Crippen molar-refractivity contribution in [3.63, 3.8) is 0 Å². The van der Waals surface area contributed by atoms with Crippen LogP contribution >= 0.6 is 0 Å². The molecular formula is C11H15NO3. The molecule has 0 aliphatic rings. The van der Waals surface area contributed by atoms with Crippen LogP contribution in [0.5, 0.6) is 5.75 Å². The Morgan fingerprint density at radius 3 is 2.33 bits per heavy atom. The molecule has 0 saturated heterocycles. The van der Waals surface area contributed by atoms with Crippen LogP contribution in [-0.4, -0.2) is 24.0 Å². The van der Waals surface area contributed by atoms with E-state index in [2.05, 4.69) is 0 Å². The second kappa shape index (κ2) is 4.91. The topological polar surface area (TPSA) is 72.6 Å². The third kappa shape index (κ3) is 2.78. The number of carbonyl (C=O) groups is 1. The van der Waals surface area contributed by atoms with Crippen molar-refractivity contribution in [2.24, 2.45) is 5.73 Å². The van der Waals surface area contributed by atoms with E-state index in [9.17, 15) is 9.90 Å². The van der Waals surface area contributed by atoms with E-state index in [1.54, 1.807) is 31.4 Å². The maximum atomic E-state index is 11.0. The Morgan fingerprint density at radius 2 is 1.93 bits per heavy atom. The maximum absolute atomic E-state index is 11.0. The van der Waals surface area contributed by atoms with Crippen molar-refractivity contribution in [1.82, 2.24) is 0 Å². The number of aliphatic hydroxyl groups excluding tert-OH is 1. The van der Waals surface area contributed by atoms with Crippen molar-refractivity contribution in [3.05, 3.63) is 29.8 Å². The van der Waals surface area contributed by atoms with E-state index in [1.807, 2.05) is 0 Å². The second-order valence-electron chi connectivity index (χ2n) is 3.35. The van der Waals surface area contributed by atoms with Gasteiger partial charge in [0.25, 0.3) is 0 Å². The quantitative estimate of drug-likeness (QED) is 0.763. The van der Waals surface area contributed by atoms with Gasteiger partial charge in [-0.25, -0.2) is 0 Å². The van der Waals surface area contributed by atoms with Gasteiger partial charge in [0.05, 0.1) is 13.2 Å². The fourth-order valence-corrected chi connectivity index (χ4v) is 1.23. The van der Waals surface area contributed by atoms with Crippen LogP contribution in [0, 0.1) is 0 Å². The van der Waals surface area contributed by atoms with E-state index >= 15 is 0 Å². The lowest BCUT2D eigenvalue weighted by Gasteiger charge is -2.16. The molecule has 0 amide bonds. The van der Waals surface area contributed by atoms with Gasteiger partial charge in [-0.3, -0.25) is 4.79 Å². The van der Waals surface area contributed by atoms with E-state index in [4.69, 9.17) is 10.5 Å². The average molecular weight is 209 g/mol. The third-order valence-corrected chi connectivity index (χ3v) is 2.27. The summed E-state index contributed by atoms with van der Waals surface area (Å²) >= 11 is 0. The highest BCUT2D eigenvalue weighted by atomic mass is 16.5. The van der Waals surface area contributed by atoms with Gasteiger partial charge in [0.15, 0.2) is 0 Å². The number of carbonyl (C=O) groups excluding carboxylic acids is 1. The van der Waals surface area contributed by atoms with E-state index in [-0.39, 0.29) is 5.78 Å². The summed E-state index contributed by atoms with van der Waals surface area (Å²) in [5, 5.41) is 9.74. The number of aliphatic hydroxyl groups is 1. The van der Waals surface area contributed by atoms with Crippen LogP contribution in [0.25, 0.3) is 0 Å². The van der Waals surface area contributed by atoms with Crippen LogP contribution in [-0.2, 0) is 4.79 Å². The molecule has 0 heterocycles. The Kier molecular flexibility index (Phi) is 3.82. The molecule has 0 radical (unpaired) electrons. The van der Waals surface area contributed by atoms with E-state index in [1.165, 1.54) is 6.92 Å². The number of hydrogen-bond acceptors (Lipinski definition) is 4. The number of benzene rings is 1. The Labute approximate surface area is 88.7 Å². The van der Waals surface area contributed by atoms with Gasteiger partial charge < -0.3 is 15.6 Å². The minimum Gasteiger partial charge on any atom is -0.497 e. The molecule has 0 aliphatic heterocycles. The summed E-state index contributed by atoms with van der Waals surface area (Å²) in [6.45, 7) is 1.36. The SMILES string of the molecule is COc1ccc([C@@H](O)[C@H](N)C(C)=O)cc1. The molecule has 1 rings (SSSR count). The van der Waals surface area contributed by atoms with Crippen molar-refractivity contribution in [2.45, 2.75) is 19.1 Å². The largest absolute Gasteiger partial charge is 0.497 e. The van der Waals surface area contributed by atoms with E-state index in [0.717, 1.165) is 0 Å². The van der Waals surface area contributed by atoms with Gasteiger partial charge in [0, 0.05) is 0 Å². The summed E-state index contributed by atoms with van der Waals surface area (Å²) in [6, 6.07) is 5.92. The Bertz CT molecular complexity index is 334.